The number of aromatic nitrogens is 2. The molecule has 1 unspecified atom stereocenters. The number of hydrogen-bond donors (Lipinski definition) is 2. The Bertz CT molecular complexity index is 934. The third kappa shape index (κ3) is 3.33. The number of aliphatic hydroxyl groups is 1. The Morgan fingerprint density at radius 2 is 2.03 bits per heavy atom. The molecule has 2 fully saturated rings. The van der Waals surface area contributed by atoms with E-state index in [0.29, 0.717) is 29.9 Å². The van der Waals surface area contributed by atoms with Crippen molar-refractivity contribution in [1.82, 2.24) is 9.97 Å². The molecule has 1 saturated carbocycles. The van der Waals surface area contributed by atoms with Crippen LogP contribution < -0.4 is 10.2 Å². The lowest BCUT2D eigenvalue weighted by Crippen LogP contribution is -2.51. The van der Waals surface area contributed by atoms with Gasteiger partial charge in [0.25, 0.3) is 0 Å². The first-order chi connectivity index (χ1) is 14.1. The maximum atomic E-state index is 12.5. The van der Waals surface area contributed by atoms with Gasteiger partial charge in [-0.25, -0.2) is 9.97 Å². The van der Waals surface area contributed by atoms with Gasteiger partial charge in [-0.05, 0) is 43.5 Å². The van der Waals surface area contributed by atoms with Gasteiger partial charge >= 0.3 is 0 Å². The Labute approximate surface area is 173 Å². The van der Waals surface area contributed by atoms with E-state index in [2.05, 4.69) is 22.3 Å². The zero-order chi connectivity index (χ0) is 20.0. The van der Waals surface area contributed by atoms with Gasteiger partial charge in [0.2, 0.25) is 0 Å². The third-order valence-corrected chi connectivity index (χ3v) is 7.82. The third-order valence-electron chi connectivity index (χ3n) is 6.36. The van der Waals surface area contributed by atoms with Crippen molar-refractivity contribution < 1.29 is 14.1 Å². The summed E-state index contributed by atoms with van der Waals surface area (Å²) in [5.41, 5.74) is 2.62. The highest BCUT2D eigenvalue weighted by atomic mass is 32.2. The van der Waals surface area contributed by atoms with E-state index < -0.39 is 10.8 Å². The summed E-state index contributed by atoms with van der Waals surface area (Å²) in [4.78, 5) is 12.5. The van der Waals surface area contributed by atoms with E-state index in [1.54, 1.807) is 7.11 Å². The van der Waals surface area contributed by atoms with Crippen LogP contribution in [0.2, 0.25) is 0 Å². The van der Waals surface area contributed by atoms with Gasteiger partial charge in [-0.15, -0.1) is 0 Å². The predicted molar refractivity (Wildman–Crippen MR) is 113 cm³/mol. The number of hydrogen-bond acceptors (Lipinski definition) is 7. The van der Waals surface area contributed by atoms with Crippen molar-refractivity contribution in [3.8, 4) is 11.4 Å². The Kier molecular flexibility index (Phi) is 4.80. The Balaban J connectivity index is 1.45. The van der Waals surface area contributed by atoms with Gasteiger partial charge in [-0.3, -0.25) is 4.21 Å². The van der Waals surface area contributed by atoms with Gasteiger partial charge in [0.1, 0.15) is 10.7 Å². The predicted octanol–water partition coefficient (Wildman–Crippen LogP) is 1.97. The van der Waals surface area contributed by atoms with Gasteiger partial charge < -0.3 is 20.1 Å². The highest BCUT2D eigenvalue weighted by Crippen LogP contribution is 2.38. The molecular weight excluding hydrogens is 388 g/mol. The van der Waals surface area contributed by atoms with Crippen LogP contribution in [0.4, 0.5) is 11.5 Å². The minimum Gasteiger partial charge on any atom is -0.394 e. The van der Waals surface area contributed by atoms with Crippen molar-refractivity contribution in [3.63, 3.8) is 0 Å². The fourth-order valence-corrected chi connectivity index (χ4v) is 5.51. The molecule has 1 aromatic carbocycles. The minimum atomic E-state index is -1.08. The normalized spacial score (nSPS) is 22.7. The van der Waals surface area contributed by atoms with Gasteiger partial charge in [-0.1, -0.05) is 0 Å². The van der Waals surface area contributed by atoms with Gasteiger partial charge in [0.15, 0.2) is 5.82 Å². The average molecular weight is 415 g/mol. The molecule has 29 heavy (non-hydrogen) atoms. The second-order valence-corrected chi connectivity index (χ2v) is 9.71. The average Bonchev–Trinajstić information content (AvgIpc) is 3.05. The summed E-state index contributed by atoms with van der Waals surface area (Å²) in [7, 11) is 0.665. The molecule has 0 radical (unpaired) electrons. The number of nitrogens with one attached hydrogen (secondary N) is 1. The molecule has 3 aliphatic rings. The Morgan fingerprint density at radius 1 is 1.28 bits per heavy atom. The number of methoxy groups -OCH3 is 1. The molecule has 0 bridgehead atoms. The molecule has 8 heteroatoms. The van der Waals surface area contributed by atoms with Crippen LogP contribution >= 0.6 is 0 Å². The second kappa shape index (κ2) is 7.34. The zero-order valence-electron chi connectivity index (χ0n) is 16.6. The van der Waals surface area contributed by atoms with Crippen molar-refractivity contribution in [3.05, 3.63) is 30.0 Å². The summed E-state index contributed by atoms with van der Waals surface area (Å²) in [5, 5.41) is 13.3. The molecule has 1 aliphatic carbocycles. The molecule has 1 saturated heterocycles. The molecule has 1 aromatic heterocycles. The summed E-state index contributed by atoms with van der Waals surface area (Å²) >= 11 is 0. The van der Waals surface area contributed by atoms with Gasteiger partial charge in [0, 0.05) is 43.6 Å². The number of aryl methyl sites for hydroxylation is 1. The van der Waals surface area contributed by atoms with Crippen LogP contribution in [0.15, 0.2) is 29.2 Å². The lowest BCUT2D eigenvalue weighted by atomic mass is 9.77. The van der Waals surface area contributed by atoms with E-state index >= 15 is 0 Å². The Hall–Kier alpha value is -2.03. The van der Waals surface area contributed by atoms with Crippen molar-refractivity contribution in [2.45, 2.75) is 42.2 Å². The molecule has 5 rings (SSSR count). The topological polar surface area (TPSA) is 87.6 Å². The van der Waals surface area contributed by atoms with E-state index in [4.69, 9.17) is 14.7 Å². The molecule has 2 N–H and O–H groups in total. The molecule has 2 aromatic rings. The van der Waals surface area contributed by atoms with Crippen molar-refractivity contribution in [1.29, 1.82) is 0 Å². The number of aliphatic hydroxyl groups excluding tert-OH is 1. The number of nitrogens with zero attached hydrogens (tertiary/aromatic N) is 3. The van der Waals surface area contributed by atoms with Crippen molar-refractivity contribution >= 4 is 22.3 Å². The van der Waals surface area contributed by atoms with Crippen LogP contribution in [-0.4, -0.2) is 63.5 Å². The molecule has 3 heterocycles. The minimum absolute atomic E-state index is 0.0563. The standard InChI is InChI=1S/C21H26N4O3S/c1-28-16-11-25(12-16)15-5-3-14(4-6-15)19-22-17-7-10-29(27)18(17)20(23-19)24-21(13-26)8-2-9-21/h3-6,16,26H,2,7-13H2,1H3,(H,22,23,24). The quantitative estimate of drug-likeness (QED) is 0.747. The fraction of sp³-hybridized carbons (Fsp3) is 0.524. The molecular formula is C21H26N4O3S. The highest BCUT2D eigenvalue weighted by molar-refractivity contribution is 7.85. The fourth-order valence-electron chi connectivity index (χ4n) is 4.21. The summed E-state index contributed by atoms with van der Waals surface area (Å²) in [5.74, 6) is 1.86. The molecule has 0 amide bonds. The summed E-state index contributed by atoms with van der Waals surface area (Å²) in [6.45, 7) is 1.88. The van der Waals surface area contributed by atoms with Gasteiger partial charge in [0.05, 0.1) is 34.7 Å². The summed E-state index contributed by atoms with van der Waals surface area (Å²) < 4.78 is 17.9. The number of ether oxygens (including phenoxy) is 1. The first-order valence-corrected chi connectivity index (χ1v) is 11.5. The van der Waals surface area contributed by atoms with E-state index in [1.807, 2.05) is 12.1 Å². The van der Waals surface area contributed by atoms with Gasteiger partial charge in [-0.2, -0.15) is 0 Å². The van der Waals surface area contributed by atoms with Crippen LogP contribution in [-0.2, 0) is 22.0 Å². The number of rotatable bonds is 6. The molecule has 1 atom stereocenters. The van der Waals surface area contributed by atoms with E-state index in [-0.39, 0.29) is 12.1 Å². The van der Waals surface area contributed by atoms with Crippen molar-refractivity contribution in [2.75, 3.05) is 42.8 Å². The lowest BCUT2D eigenvalue weighted by molar-refractivity contribution is 0.0788. The largest absolute Gasteiger partial charge is 0.394 e. The van der Waals surface area contributed by atoms with E-state index in [0.717, 1.165) is 54.2 Å². The summed E-state index contributed by atoms with van der Waals surface area (Å²) in [6, 6.07) is 8.25. The smallest absolute Gasteiger partial charge is 0.161 e. The van der Waals surface area contributed by atoms with Crippen LogP contribution in [0.25, 0.3) is 11.4 Å². The second-order valence-electron chi connectivity index (χ2n) is 8.20. The monoisotopic (exact) mass is 414 g/mol. The first kappa shape index (κ1) is 19.0. The SMILES string of the molecule is COC1CN(c2ccc(-c3nc4c(c(NC5(CO)CCC5)n3)S(=O)CC4)cc2)C1. The maximum absolute atomic E-state index is 12.5. The number of anilines is 2. The number of fused-ring (bicyclic) bond motifs is 1. The van der Waals surface area contributed by atoms with Crippen LogP contribution in [0.3, 0.4) is 0 Å². The maximum Gasteiger partial charge on any atom is 0.161 e. The Morgan fingerprint density at radius 3 is 2.66 bits per heavy atom. The number of benzene rings is 1. The molecule has 2 aliphatic heterocycles. The lowest BCUT2D eigenvalue weighted by Gasteiger charge is -2.41. The highest BCUT2D eigenvalue weighted by Gasteiger charge is 2.38. The summed E-state index contributed by atoms with van der Waals surface area (Å²) in [6.07, 6.45) is 3.89. The molecule has 154 valence electrons. The van der Waals surface area contributed by atoms with E-state index in [9.17, 15) is 9.32 Å². The van der Waals surface area contributed by atoms with Crippen LogP contribution in [0.5, 0.6) is 0 Å². The van der Waals surface area contributed by atoms with E-state index in [1.165, 1.54) is 0 Å². The first-order valence-electron chi connectivity index (χ1n) is 10.2. The molecule has 0 spiro atoms. The molecule has 7 nitrogen and oxygen atoms in total. The van der Waals surface area contributed by atoms with Crippen LogP contribution in [0.1, 0.15) is 25.0 Å². The zero-order valence-corrected chi connectivity index (χ0v) is 17.4. The van der Waals surface area contributed by atoms with Crippen molar-refractivity contribution in [2.24, 2.45) is 0 Å². The van der Waals surface area contributed by atoms with Crippen LogP contribution in [0, 0.1) is 0 Å².